The first kappa shape index (κ1) is 146. The third kappa shape index (κ3) is 108. The molecular formula is C77H132N16O55P+. The Bertz CT molecular complexity index is 3870. The molecule has 0 spiro atoms. The topological polar surface area (TPSA) is 1070 Å². The first-order valence-electron chi connectivity index (χ1n) is 43.1. The molecule has 0 radical (unpaired) electrons. The number of carbonyl (C=O) groups is 25. The number of carboxylic acids is 25. The quantitative estimate of drug-likeness (QED) is 0.0153. The van der Waals surface area contributed by atoms with Gasteiger partial charge < -0.3 is 142 Å². The largest absolute Gasteiger partial charge is 0.521 e. The van der Waals surface area contributed by atoms with Crippen molar-refractivity contribution in [3.63, 3.8) is 0 Å². The van der Waals surface area contributed by atoms with Crippen LogP contribution in [0.3, 0.4) is 0 Å². The van der Waals surface area contributed by atoms with Crippen molar-refractivity contribution in [3.8, 4) is 0 Å². The van der Waals surface area contributed by atoms with Gasteiger partial charge in [-0.05, 0) is 11.0 Å². The molecule has 0 aromatic rings. The molecule has 0 bridgehead atoms. The molecule has 71 nitrogen and oxygen atoms in total. The SMILES string of the molecule is O=C(O)CN(CCN(CC(=O)O)CC(=O)O)CCN(CC(=O)O)CC(=O)O.O=C(O)CN(CCN(CC(=O)O)C[P+](=O)O)CC(=O)O.O=C(O)CN(CCN(CCN(CC(=O)O)CC(=O)O)CC(=O)O)CCN(CC(=O)O)CC(=O)O.O=C(O)CN(CCO)CCN(CC(=O)O)CC(=O)O.O=C(O)CN(CCOCCOCCN(CC(=O)O)CC(=O)O)CC(=O)O.O=C(O)CNCN(CCCN(CC(=O)O)CC(=O)O)CC(=O)O. The monoisotopic (exact) mass is 2190 g/mol. The van der Waals surface area contributed by atoms with Gasteiger partial charge in [0.05, 0.1) is 190 Å². The molecule has 854 valence electrons. The maximum atomic E-state index is 11.2. The first-order valence-corrected chi connectivity index (χ1v) is 44.5. The Morgan fingerprint density at radius 3 is 0.490 bits per heavy atom. The number of ether oxygens (including phenoxy) is 2. The Hall–Kier alpha value is -13.9. The highest BCUT2D eigenvalue weighted by Crippen LogP contribution is 2.15. The standard InChI is InChI=1S/C18H30N4O12.C14H23N3O10.C14H24N2O10.C12H21N3O8.C10H18N2O7.C9H15N2O8P/c23-13(24)7-19(3-5-21(9-15(27)28)10-16(29)30)1-2-20(8-14(25)26)4-6-22(11-17(31)32)12-18(33)34;18-10(19)5-15(1-3-16(6-11(20)21)7-12(22)23)2-4-17(8-13(24)25)9-14(26)27;17-11(18)7-15(8-12(19)20)1-3-25-5-6-26-4-2-16(9-13(21)22)10-14(23)24;16-9(17)4-13-8-15(7-12(22)23)3-1-2-14(5-10(18)19)6-11(20)21;13-4-3-11(5-8(14)15)1-2-12(6-9(16)17)7-10(18)19;12-7(13)3-10(4-8(14)15)1-2-11(5-9(16)17)6-20(18)19/h1-12H2,(H,23,24)(H,25,26)(H,27,28)(H,29,30)(H,31,32)(H,33,34);1-9H2,(H,18,19)(H,20,21)(H,22,23)(H,24,25)(H,26,27);1-10H2,(H,17,18)(H,19,20)(H,21,22)(H,23,24);13H,1-8H2,(H,16,17)(H,18,19)(H,20,21)(H,22,23);13H,1-7H2,(H,14,15)(H,16,17)(H,18,19);1-6H2,(H3-,12,13,14,15,16,17,18,19)/p+1. The fourth-order valence-electron chi connectivity index (χ4n) is 11.9. The van der Waals surface area contributed by atoms with Crippen LogP contribution in [0.2, 0.25) is 0 Å². The Kier molecular flexibility index (Phi) is 86.2. The highest BCUT2D eigenvalue weighted by Gasteiger charge is 2.28. The lowest BCUT2D eigenvalue weighted by Crippen LogP contribution is -2.46. The van der Waals surface area contributed by atoms with Crippen LogP contribution in [-0.4, -0.2) is 694 Å². The Balaban J connectivity index is -0.000000416. The predicted octanol–water partition coefficient (Wildman–Crippen LogP) is -13.8. The highest BCUT2D eigenvalue weighted by molar-refractivity contribution is 7.37. The van der Waals surface area contributed by atoms with E-state index in [0.29, 0.717) is 6.42 Å². The van der Waals surface area contributed by atoms with Gasteiger partial charge in [-0.15, -0.1) is 0 Å². The summed E-state index contributed by atoms with van der Waals surface area (Å²) in [6.45, 7) is -10.6. The van der Waals surface area contributed by atoms with Crippen molar-refractivity contribution in [1.29, 1.82) is 0 Å². The molecule has 0 aliphatic heterocycles. The van der Waals surface area contributed by atoms with Crippen LogP contribution in [0.5, 0.6) is 0 Å². The van der Waals surface area contributed by atoms with E-state index >= 15 is 0 Å². The van der Waals surface area contributed by atoms with Crippen LogP contribution < -0.4 is 5.32 Å². The zero-order chi connectivity index (χ0) is 116. The lowest BCUT2D eigenvalue weighted by atomic mass is 10.3. The summed E-state index contributed by atoms with van der Waals surface area (Å²) in [5.74, 6) is -29.7. The van der Waals surface area contributed by atoms with Gasteiger partial charge in [-0.25, -0.2) is 4.90 Å². The number of aliphatic hydroxyl groups is 1. The van der Waals surface area contributed by atoms with Crippen LogP contribution in [0.1, 0.15) is 6.42 Å². The number of aliphatic hydroxyl groups excluding tert-OH is 1. The van der Waals surface area contributed by atoms with Crippen LogP contribution >= 0.6 is 8.03 Å². The van der Waals surface area contributed by atoms with Gasteiger partial charge in [-0.1, -0.05) is 0 Å². The Labute approximate surface area is 845 Å². The van der Waals surface area contributed by atoms with E-state index in [1.165, 1.54) is 44.1 Å². The van der Waals surface area contributed by atoms with Crippen LogP contribution in [0.4, 0.5) is 0 Å². The summed E-state index contributed by atoms with van der Waals surface area (Å²) in [6, 6.07) is 0. The summed E-state index contributed by atoms with van der Waals surface area (Å²) in [4.78, 5) is 295. The number of aliphatic carboxylic acids is 25. The number of nitrogens with zero attached hydrogens (tertiary/aromatic N) is 15. The second-order valence-corrected chi connectivity index (χ2v) is 31.8. The predicted molar refractivity (Wildman–Crippen MR) is 489 cm³/mol. The van der Waals surface area contributed by atoms with Gasteiger partial charge in [0, 0.05) is 131 Å². The van der Waals surface area contributed by atoms with Gasteiger partial charge in [0.2, 0.25) is 6.29 Å². The zero-order valence-corrected chi connectivity index (χ0v) is 81.3. The number of hydrogen-bond acceptors (Lipinski definition) is 45. The molecular weight excluding hydrogens is 2060 g/mol. The normalized spacial score (nSPS) is 11.1. The molecule has 149 heavy (non-hydrogen) atoms. The number of carboxylic acid groups (broad SMARTS) is 25. The molecule has 0 aliphatic carbocycles. The maximum absolute atomic E-state index is 11.2. The van der Waals surface area contributed by atoms with Crippen molar-refractivity contribution in [2.45, 2.75) is 6.42 Å². The van der Waals surface area contributed by atoms with Crippen LogP contribution in [0, 0.1) is 0 Å². The summed E-state index contributed by atoms with van der Waals surface area (Å²) in [5, 5.41) is 230. The molecule has 0 aromatic carbocycles. The molecule has 0 saturated heterocycles. The lowest BCUT2D eigenvalue weighted by molar-refractivity contribution is -0.144. The van der Waals surface area contributed by atoms with Gasteiger partial charge in [-0.2, -0.15) is 4.89 Å². The van der Waals surface area contributed by atoms with Crippen molar-refractivity contribution in [2.24, 2.45) is 0 Å². The van der Waals surface area contributed by atoms with Crippen LogP contribution in [0.15, 0.2) is 0 Å². The fraction of sp³-hybridized carbons (Fsp3) is 0.675. The average Bonchev–Trinajstić information content (AvgIpc) is 0.915. The molecule has 0 heterocycles. The van der Waals surface area contributed by atoms with E-state index in [1.54, 1.807) is 0 Å². The minimum Gasteiger partial charge on any atom is -0.480 e. The molecule has 1 unspecified atom stereocenters. The second-order valence-electron chi connectivity index (χ2n) is 30.8. The summed E-state index contributed by atoms with van der Waals surface area (Å²) < 4.78 is 21.1. The van der Waals surface area contributed by atoms with Gasteiger partial charge in [0.1, 0.15) is 6.54 Å². The molecule has 0 fully saturated rings. The van der Waals surface area contributed by atoms with Gasteiger partial charge >= 0.3 is 157 Å². The van der Waals surface area contributed by atoms with E-state index in [-0.39, 0.29) is 190 Å². The summed E-state index contributed by atoms with van der Waals surface area (Å²) in [5.41, 5.74) is 0. The first-order chi connectivity index (χ1) is 69.2. The van der Waals surface area contributed by atoms with E-state index in [0.717, 1.165) is 29.4 Å². The number of nitrogens with one attached hydrogen (secondary N) is 1. The van der Waals surface area contributed by atoms with Gasteiger partial charge in [0.15, 0.2) is 0 Å². The molecule has 0 aromatic heterocycles. The van der Waals surface area contributed by atoms with E-state index in [9.17, 15) is 124 Å². The fourth-order valence-corrected chi connectivity index (χ4v) is 12.4. The van der Waals surface area contributed by atoms with E-state index in [1.807, 2.05) is 0 Å². The molecule has 0 amide bonds. The van der Waals surface area contributed by atoms with E-state index in [4.69, 9.17) is 147 Å². The lowest BCUT2D eigenvalue weighted by Gasteiger charge is -2.29. The third-order valence-electron chi connectivity index (χ3n) is 17.5. The smallest absolute Gasteiger partial charge is 0.480 e. The van der Waals surface area contributed by atoms with Gasteiger partial charge in [0.25, 0.3) is 0 Å². The summed E-state index contributed by atoms with van der Waals surface area (Å²) in [7, 11) is -2.57. The van der Waals surface area contributed by atoms with Crippen LogP contribution in [0.25, 0.3) is 0 Å². The zero-order valence-electron chi connectivity index (χ0n) is 80.4. The number of hydrogen-bond donors (Lipinski definition) is 28. The van der Waals surface area contributed by atoms with E-state index in [2.05, 4.69) is 5.32 Å². The molecule has 0 saturated carbocycles. The van der Waals surface area contributed by atoms with Crippen molar-refractivity contribution in [1.82, 2.24) is 78.8 Å². The van der Waals surface area contributed by atoms with Crippen molar-refractivity contribution in [2.75, 3.05) is 334 Å². The molecule has 28 N–H and O–H groups in total. The Morgan fingerprint density at radius 2 is 0.315 bits per heavy atom. The summed E-state index contributed by atoms with van der Waals surface area (Å²) >= 11 is 0. The maximum Gasteiger partial charge on any atom is 0.521 e. The third-order valence-corrected chi connectivity index (χ3v) is 18.2. The summed E-state index contributed by atoms with van der Waals surface area (Å²) in [6.07, 6.45) is -0.0434. The Morgan fingerprint density at radius 1 is 0.174 bits per heavy atom. The molecule has 72 heteroatoms. The number of rotatable bonds is 90. The average molecular weight is 2190 g/mol. The molecule has 0 aliphatic rings. The highest BCUT2D eigenvalue weighted by atomic mass is 31.1. The van der Waals surface area contributed by atoms with Gasteiger partial charge in [-0.3, -0.25) is 194 Å². The molecule has 1 atom stereocenters. The minimum absolute atomic E-state index is 0.000836. The molecule has 0 rings (SSSR count). The van der Waals surface area contributed by atoms with Crippen molar-refractivity contribution < 1.29 is 272 Å². The van der Waals surface area contributed by atoms with Crippen molar-refractivity contribution >= 4 is 157 Å². The minimum atomic E-state index is -2.57. The van der Waals surface area contributed by atoms with Crippen molar-refractivity contribution in [3.05, 3.63) is 0 Å². The second kappa shape index (κ2) is 88.2. The van der Waals surface area contributed by atoms with Crippen LogP contribution in [-0.2, 0) is 134 Å². The van der Waals surface area contributed by atoms with E-state index < -0.39 is 301 Å².